The van der Waals surface area contributed by atoms with Crippen molar-refractivity contribution in [3.63, 3.8) is 0 Å². The van der Waals surface area contributed by atoms with Gasteiger partial charge in [-0.3, -0.25) is 9.59 Å². The Morgan fingerprint density at radius 3 is 1.98 bits per heavy atom. The summed E-state index contributed by atoms with van der Waals surface area (Å²) in [6.07, 6.45) is 1.14. The minimum Gasteiger partial charge on any atom is -0.462 e. The van der Waals surface area contributed by atoms with Crippen LogP contribution in [-0.4, -0.2) is 104 Å². The van der Waals surface area contributed by atoms with E-state index in [1.165, 1.54) is 31.3 Å². The van der Waals surface area contributed by atoms with E-state index in [1.807, 2.05) is 0 Å². The van der Waals surface area contributed by atoms with Crippen LogP contribution < -0.4 is 10.4 Å². The number of benzene rings is 3. The van der Waals surface area contributed by atoms with Crippen molar-refractivity contribution in [2.75, 3.05) is 26.1 Å². The first-order chi connectivity index (χ1) is 30.9. The van der Waals surface area contributed by atoms with Gasteiger partial charge in [-0.2, -0.15) is 0 Å². The molecule has 0 aliphatic carbocycles. The van der Waals surface area contributed by atoms with Crippen molar-refractivity contribution in [1.29, 1.82) is 0 Å². The minimum absolute atomic E-state index is 0.0657. The van der Waals surface area contributed by atoms with Gasteiger partial charge in [-0.25, -0.2) is 8.42 Å². The van der Waals surface area contributed by atoms with Gasteiger partial charge in [0.2, 0.25) is 0 Å². The fourth-order valence-electron chi connectivity index (χ4n) is 10.2. The summed E-state index contributed by atoms with van der Waals surface area (Å²) >= 11 is 0. The molecule has 10 atom stereocenters. The molecule has 0 aromatic heterocycles. The summed E-state index contributed by atoms with van der Waals surface area (Å²) in [6.45, 7) is 20.8. The van der Waals surface area contributed by atoms with Crippen LogP contribution in [0.5, 0.6) is 0 Å². The minimum atomic E-state index is -3.81. The molecule has 3 aromatic carbocycles. The predicted molar refractivity (Wildman–Crippen MR) is 254 cm³/mol. The van der Waals surface area contributed by atoms with Gasteiger partial charge >= 0.3 is 11.9 Å². The second kappa shape index (κ2) is 22.2. The number of hydrogen-bond donors (Lipinski definition) is 0. The topological polar surface area (TPSA) is 133 Å². The molecule has 13 heteroatoms. The Kier molecular flexibility index (Phi) is 17.3. The lowest BCUT2D eigenvalue weighted by atomic mass is 9.83. The predicted octanol–water partition coefficient (Wildman–Crippen LogP) is 7.94. The second-order valence-corrected chi connectivity index (χ2v) is 25.4. The van der Waals surface area contributed by atoms with Crippen LogP contribution in [0.3, 0.4) is 0 Å². The number of ether oxygens (including phenoxy) is 6. The lowest BCUT2D eigenvalue weighted by Crippen LogP contribution is -2.66. The molecule has 0 N–H and O–H groups in total. The van der Waals surface area contributed by atoms with E-state index in [1.54, 1.807) is 30.3 Å². The summed E-state index contributed by atoms with van der Waals surface area (Å²) in [5, 5.41) is 2.45. The lowest BCUT2D eigenvalue weighted by Gasteiger charge is -2.43. The SMILES string of the molecule is C=C1C[C@H](CCCO[Si](c2ccccc2)(c2ccccc2)C(C)(C)C)O[C@H]1CC[C@H]1C[C@@H](C)C(=C)[C@@H](C[C@@H]2O[C@H]([C@H](COC(C)=O)OC(C)=O)[C@H](OC)[C@H]2CS(=O)(=O)c2ccccc2)O1. The Balaban J connectivity index is 1.09. The van der Waals surface area contributed by atoms with Crippen molar-refractivity contribution < 1.29 is 50.9 Å². The molecule has 3 heterocycles. The summed E-state index contributed by atoms with van der Waals surface area (Å²) in [7, 11) is -4.95. The Labute approximate surface area is 388 Å². The maximum absolute atomic E-state index is 13.9. The summed E-state index contributed by atoms with van der Waals surface area (Å²) < 4.78 is 71.9. The molecule has 0 saturated carbocycles. The molecule has 3 aliphatic rings. The summed E-state index contributed by atoms with van der Waals surface area (Å²) in [5.41, 5.74) is 2.01. The van der Waals surface area contributed by atoms with Crippen molar-refractivity contribution in [1.82, 2.24) is 0 Å². The first kappa shape index (κ1) is 50.5. The van der Waals surface area contributed by atoms with Crippen LogP contribution in [0.15, 0.2) is 120 Å². The van der Waals surface area contributed by atoms with Gasteiger partial charge in [0, 0.05) is 39.9 Å². The molecule has 0 spiro atoms. The van der Waals surface area contributed by atoms with E-state index in [2.05, 4.69) is 102 Å². The number of carbonyl (C=O) groups excluding carboxylic acids is 2. The number of carbonyl (C=O) groups is 2. The molecule has 0 amide bonds. The van der Waals surface area contributed by atoms with E-state index in [9.17, 15) is 18.0 Å². The van der Waals surface area contributed by atoms with Gasteiger partial charge in [-0.15, -0.1) is 0 Å². The highest BCUT2D eigenvalue weighted by Crippen LogP contribution is 2.42. The maximum atomic E-state index is 13.9. The molecule has 65 heavy (non-hydrogen) atoms. The van der Waals surface area contributed by atoms with E-state index < -0.39 is 66.5 Å². The molecule has 0 radical (unpaired) electrons. The molecule has 354 valence electrons. The zero-order chi connectivity index (χ0) is 46.9. The van der Waals surface area contributed by atoms with Crippen molar-refractivity contribution in [3.05, 3.63) is 115 Å². The number of esters is 2. The normalized spacial score (nSPS) is 26.8. The third-order valence-electron chi connectivity index (χ3n) is 13.4. The Morgan fingerprint density at radius 2 is 1.42 bits per heavy atom. The lowest BCUT2D eigenvalue weighted by molar-refractivity contribution is -0.171. The highest BCUT2D eigenvalue weighted by atomic mass is 32.2. The highest BCUT2D eigenvalue weighted by Gasteiger charge is 2.53. The average molecular weight is 931 g/mol. The van der Waals surface area contributed by atoms with E-state index in [0.717, 1.165) is 49.7 Å². The molecular weight excluding hydrogens is 861 g/mol. The first-order valence-corrected chi connectivity index (χ1v) is 26.7. The molecule has 3 aromatic rings. The van der Waals surface area contributed by atoms with Gasteiger partial charge in [-0.1, -0.05) is 120 Å². The summed E-state index contributed by atoms with van der Waals surface area (Å²) in [4.78, 5) is 24.3. The van der Waals surface area contributed by atoms with Crippen LogP contribution in [0.4, 0.5) is 0 Å². The van der Waals surface area contributed by atoms with Crippen LogP contribution in [0.2, 0.25) is 5.04 Å². The average Bonchev–Trinajstić information content (AvgIpc) is 3.80. The van der Waals surface area contributed by atoms with Gasteiger partial charge in [0.25, 0.3) is 8.32 Å². The number of rotatable bonds is 20. The molecule has 3 fully saturated rings. The van der Waals surface area contributed by atoms with E-state index in [4.69, 9.17) is 32.8 Å². The smallest absolute Gasteiger partial charge is 0.303 e. The summed E-state index contributed by atoms with van der Waals surface area (Å²) in [5.74, 6) is -1.99. The van der Waals surface area contributed by atoms with Crippen LogP contribution >= 0.6 is 0 Å². The zero-order valence-corrected chi connectivity index (χ0v) is 41.1. The molecule has 3 saturated heterocycles. The fourth-order valence-corrected chi connectivity index (χ4v) is 16.5. The van der Waals surface area contributed by atoms with Gasteiger partial charge < -0.3 is 32.8 Å². The van der Waals surface area contributed by atoms with Crippen molar-refractivity contribution in [2.24, 2.45) is 11.8 Å². The maximum Gasteiger partial charge on any atom is 0.303 e. The van der Waals surface area contributed by atoms with Gasteiger partial charge in [0.05, 0.1) is 47.3 Å². The highest BCUT2D eigenvalue weighted by molar-refractivity contribution is 7.91. The third-order valence-corrected chi connectivity index (χ3v) is 20.3. The first-order valence-electron chi connectivity index (χ1n) is 23.1. The molecular formula is C52H70O11SSi. The van der Waals surface area contributed by atoms with Gasteiger partial charge in [0.15, 0.2) is 15.9 Å². The molecule has 11 nitrogen and oxygen atoms in total. The Morgan fingerprint density at radius 1 is 0.815 bits per heavy atom. The van der Waals surface area contributed by atoms with Crippen LogP contribution in [-0.2, 0) is 52.3 Å². The fraction of sp³-hybridized carbons (Fsp3) is 0.538. The van der Waals surface area contributed by atoms with Crippen LogP contribution in [0, 0.1) is 11.8 Å². The number of methoxy groups -OCH3 is 1. The third kappa shape index (κ3) is 12.3. The van der Waals surface area contributed by atoms with E-state index >= 15 is 0 Å². The molecule has 0 bridgehead atoms. The van der Waals surface area contributed by atoms with E-state index in [0.29, 0.717) is 13.0 Å². The second-order valence-electron chi connectivity index (χ2n) is 19.1. The Hall–Kier alpha value is -3.95. The summed E-state index contributed by atoms with van der Waals surface area (Å²) in [6, 6.07) is 29.7. The van der Waals surface area contributed by atoms with Gasteiger partial charge in [-0.05, 0) is 83.1 Å². The van der Waals surface area contributed by atoms with Crippen molar-refractivity contribution >= 4 is 40.5 Å². The quantitative estimate of drug-likeness (QED) is 0.0474. The van der Waals surface area contributed by atoms with Crippen LogP contribution in [0.1, 0.15) is 86.5 Å². The number of sulfone groups is 1. The monoisotopic (exact) mass is 930 g/mol. The van der Waals surface area contributed by atoms with Crippen molar-refractivity contribution in [3.8, 4) is 0 Å². The van der Waals surface area contributed by atoms with Crippen LogP contribution in [0.25, 0.3) is 0 Å². The standard InChI is InChI=1S/C52H70O11SSi/c1-35-30-41(27-28-46-36(2)31-40(61-46)20-19-29-59-65(52(6,7)8,43-23-15-11-16-24-43)44-25-17-12-18-26-44)62-47(37(35)3)32-48-45(34-64(55,56)42-21-13-10-14-22-42)50(57-9)51(63-48)49(60-39(5)54)33-58-38(4)53/h10-18,21-26,35,40-41,45-51H,2-3,19-20,27-34H2,1,4-9H3/t35-,40+,41+,45+,46+,47-,48+,49+,50-,51-/m1/s1. The molecule has 0 unspecified atom stereocenters. The van der Waals surface area contributed by atoms with Crippen molar-refractivity contribution in [2.45, 2.75) is 145 Å². The molecule has 3 aliphatic heterocycles. The largest absolute Gasteiger partial charge is 0.462 e. The number of hydrogen-bond acceptors (Lipinski definition) is 11. The van der Waals surface area contributed by atoms with E-state index in [-0.39, 0.29) is 46.5 Å². The molecule has 6 rings (SSSR count). The Bertz CT molecular complexity index is 2120. The zero-order valence-electron chi connectivity index (χ0n) is 39.3. The van der Waals surface area contributed by atoms with Gasteiger partial charge in [0.1, 0.15) is 12.7 Å².